The molecule has 1 aliphatic heterocycles. The van der Waals surface area contributed by atoms with Gasteiger partial charge in [-0.15, -0.1) is 0 Å². The van der Waals surface area contributed by atoms with Crippen molar-refractivity contribution in [3.05, 3.63) is 42.4 Å². The van der Waals surface area contributed by atoms with Gasteiger partial charge in [0.25, 0.3) is 5.91 Å². The van der Waals surface area contributed by atoms with Gasteiger partial charge < -0.3 is 20.7 Å². The largest absolute Gasteiger partial charge is 0.379 e. The fourth-order valence-electron chi connectivity index (χ4n) is 2.78. The van der Waals surface area contributed by atoms with Crippen LogP contribution in [-0.2, 0) is 9.53 Å². The van der Waals surface area contributed by atoms with Gasteiger partial charge in [-0.2, -0.15) is 0 Å². The highest BCUT2D eigenvalue weighted by Gasteiger charge is 2.12. The minimum atomic E-state index is -0.236. The number of rotatable bonds is 7. The quantitative estimate of drug-likeness (QED) is 0.659. The Balaban J connectivity index is 1.52. The Kier molecular flexibility index (Phi) is 6.88. The van der Waals surface area contributed by atoms with Crippen LogP contribution in [0.4, 0.5) is 17.2 Å². The molecule has 2 amide bonds. The molecule has 0 spiro atoms. The van der Waals surface area contributed by atoms with Crippen molar-refractivity contribution in [1.82, 2.24) is 20.2 Å². The maximum atomic E-state index is 12.3. The van der Waals surface area contributed by atoms with Crippen molar-refractivity contribution < 1.29 is 14.3 Å². The first kappa shape index (κ1) is 19.7. The van der Waals surface area contributed by atoms with Crippen molar-refractivity contribution >= 4 is 29.0 Å². The van der Waals surface area contributed by atoms with E-state index >= 15 is 0 Å². The maximum Gasteiger partial charge on any atom is 0.270 e. The SMILES string of the molecule is CC(=O)Nc1ccc(Nc2cc(C(=O)NCCN3CCOCC3)ncn2)cc1. The summed E-state index contributed by atoms with van der Waals surface area (Å²) in [6.45, 7) is 6.04. The number of carbonyl (C=O) groups is 2. The molecule has 3 rings (SSSR count). The van der Waals surface area contributed by atoms with Crippen LogP contribution in [0.2, 0.25) is 0 Å². The Morgan fingerprint density at radius 1 is 1.11 bits per heavy atom. The van der Waals surface area contributed by atoms with Gasteiger partial charge in [-0.1, -0.05) is 0 Å². The number of amides is 2. The van der Waals surface area contributed by atoms with Crippen molar-refractivity contribution in [3.8, 4) is 0 Å². The third-order valence-corrected chi connectivity index (χ3v) is 4.19. The number of hydrogen-bond donors (Lipinski definition) is 3. The van der Waals surface area contributed by atoms with E-state index in [1.807, 2.05) is 12.1 Å². The number of aromatic nitrogens is 2. The standard InChI is InChI=1S/C19H24N6O3/c1-14(26)23-15-2-4-16(5-3-15)24-18-12-17(21-13-22-18)19(27)20-6-7-25-8-10-28-11-9-25/h2-5,12-13H,6-11H2,1H3,(H,20,27)(H,23,26)(H,21,22,24). The molecular weight excluding hydrogens is 360 g/mol. The average Bonchev–Trinajstić information content (AvgIpc) is 2.70. The van der Waals surface area contributed by atoms with Crippen LogP contribution in [0.25, 0.3) is 0 Å². The van der Waals surface area contributed by atoms with Crippen LogP contribution in [0.3, 0.4) is 0 Å². The summed E-state index contributed by atoms with van der Waals surface area (Å²) in [7, 11) is 0. The number of benzene rings is 1. The minimum Gasteiger partial charge on any atom is -0.379 e. The molecule has 1 saturated heterocycles. The Morgan fingerprint density at radius 2 is 1.82 bits per heavy atom. The number of hydrogen-bond acceptors (Lipinski definition) is 7. The second-order valence-electron chi connectivity index (χ2n) is 6.38. The number of nitrogens with one attached hydrogen (secondary N) is 3. The zero-order chi connectivity index (χ0) is 19.8. The van der Waals surface area contributed by atoms with E-state index in [-0.39, 0.29) is 11.8 Å². The summed E-state index contributed by atoms with van der Waals surface area (Å²) in [6, 6.07) is 8.80. The van der Waals surface area contributed by atoms with Crippen molar-refractivity contribution in [2.75, 3.05) is 50.0 Å². The van der Waals surface area contributed by atoms with Gasteiger partial charge in [-0.05, 0) is 24.3 Å². The molecule has 0 unspecified atom stereocenters. The first-order valence-electron chi connectivity index (χ1n) is 9.15. The summed E-state index contributed by atoms with van der Waals surface area (Å²) >= 11 is 0. The molecule has 9 nitrogen and oxygen atoms in total. The van der Waals surface area contributed by atoms with E-state index in [2.05, 4.69) is 30.8 Å². The van der Waals surface area contributed by atoms with E-state index in [4.69, 9.17) is 4.74 Å². The van der Waals surface area contributed by atoms with Gasteiger partial charge in [-0.25, -0.2) is 9.97 Å². The van der Waals surface area contributed by atoms with Crippen LogP contribution in [0.15, 0.2) is 36.7 Å². The highest BCUT2D eigenvalue weighted by atomic mass is 16.5. The van der Waals surface area contributed by atoms with E-state index in [9.17, 15) is 9.59 Å². The minimum absolute atomic E-state index is 0.124. The molecule has 1 fully saturated rings. The van der Waals surface area contributed by atoms with E-state index < -0.39 is 0 Å². The fourth-order valence-corrected chi connectivity index (χ4v) is 2.78. The molecule has 28 heavy (non-hydrogen) atoms. The highest BCUT2D eigenvalue weighted by molar-refractivity contribution is 5.93. The van der Waals surface area contributed by atoms with E-state index in [1.165, 1.54) is 13.3 Å². The lowest BCUT2D eigenvalue weighted by molar-refractivity contribution is -0.114. The molecule has 148 valence electrons. The summed E-state index contributed by atoms with van der Waals surface area (Å²) in [6.07, 6.45) is 1.35. The molecule has 1 aliphatic rings. The van der Waals surface area contributed by atoms with Gasteiger partial charge in [0, 0.05) is 50.5 Å². The van der Waals surface area contributed by atoms with Gasteiger partial charge in [0.15, 0.2) is 0 Å². The van der Waals surface area contributed by atoms with Crippen LogP contribution < -0.4 is 16.0 Å². The van der Waals surface area contributed by atoms with Crippen molar-refractivity contribution in [2.45, 2.75) is 6.92 Å². The summed E-state index contributed by atoms with van der Waals surface area (Å²) in [5.74, 6) is 0.154. The molecule has 9 heteroatoms. The summed E-state index contributed by atoms with van der Waals surface area (Å²) in [5, 5.41) is 8.71. The molecule has 0 saturated carbocycles. The number of carbonyl (C=O) groups excluding carboxylic acids is 2. The molecule has 0 aliphatic carbocycles. The second kappa shape index (κ2) is 9.77. The smallest absolute Gasteiger partial charge is 0.270 e. The number of morpholine rings is 1. The van der Waals surface area contributed by atoms with Crippen LogP contribution in [0.5, 0.6) is 0 Å². The third-order valence-electron chi connectivity index (χ3n) is 4.19. The molecule has 2 aromatic rings. The van der Waals surface area contributed by atoms with Gasteiger partial charge in [0.1, 0.15) is 17.8 Å². The topological polar surface area (TPSA) is 108 Å². The lowest BCUT2D eigenvalue weighted by Gasteiger charge is -2.26. The molecular formula is C19H24N6O3. The molecule has 1 aromatic heterocycles. The van der Waals surface area contributed by atoms with E-state index in [1.54, 1.807) is 18.2 Å². The second-order valence-corrected chi connectivity index (χ2v) is 6.38. The Labute approximate surface area is 163 Å². The Bertz CT molecular complexity index is 806. The molecule has 2 heterocycles. The van der Waals surface area contributed by atoms with Gasteiger partial charge in [0.05, 0.1) is 13.2 Å². The number of ether oxygens (including phenoxy) is 1. The van der Waals surface area contributed by atoms with Gasteiger partial charge in [-0.3, -0.25) is 14.5 Å². The predicted octanol–water partition coefficient (Wildman–Crippen LogP) is 1.24. The van der Waals surface area contributed by atoms with Gasteiger partial charge in [0.2, 0.25) is 5.91 Å². The first-order valence-corrected chi connectivity index (χ1v) is 9.15. The van der Waals surface area contributed by atoms with Gasteiger partial charge >= 0.3 is 0 Å². The monoisotopic (exact) mass is 384 g/mol. The number of anilines is 3. The molecule has 0 atom stereocenters. The van der Waals surface area contributed by atoms with Crippen LogP contribution in [0.1, 0.15) is 17.4 Å². The summed E-state index contributed by atoms with van der Waals surface area (Å²) < 4.78 is 5.31. The zero-order valence-corrected chi connectivity index (χ0v) is 15.8. The third kappa shape index (κ3) is 6.00. The first-order chi connectivity index (χ1) is 13.6. The molecule has 1 aromatic carbocycles. The van der Waals surface area contributed by atoms with Crippen LogP contribution in [0, 0.1) is 0 Å². The van der Waals surface area contributed by atoms with Crippen molar-refractivity contribution in [1.29, 1.82) is 0 Å². The fraction of sp³-hybridized carbons (Fsp3) is 0.368. The Hall–Kier alpha value is -3.04. The average molecular weight is 384 g/mol. The van der Waals surface area contributed by atoms with Crippen molar-refractivity contribution in [2.24, 2.45) is 0 Å². The summed E-state index contributed by atoms with van der Waals surface area (Å²) in [4.78, 5) is 33.8. The van der Waals surface area contributed by atoms with Crippen LogP contribution >= 0.6 is 0 Å². The predicted molar refractivity (Wildman–Crippen MR) is 106 cm³/mol. The molecule has 0 bridgehead atoms. The lowest BCUT2D eigenvalue weighted by Crippen LogP contribution is -2.41. The van der Waals surface area contributed by atoms with E-state index in [0.29, 0.717) is 23.7 Å². The number of nitrogens with zero attached hydrogens (tertiary/aromatic N) is 3. The summed E-state index contributed by atoms with van der Waals surface area (Å²) in [5.41, 5.74) is 1.79. The van der Waals surface area contributed by atoms with Crippen LogP contribution in [-0.4, -0.2) is 66.1 Å². The molecule has 3 N–H and O–H groups in total. The van der Waals surface area contributed by atoms with Crippen molar-refractivity contribution in [3.63, 3.8) is 0 Å². The molecule has 0 radical (unpaired) electrons. The maximum absolute atomic E-state index is 12.3. The lowest BCUT2D eigenvalue weighted by atomic mass is 10.2. The van der Waals surface area contributed by atoms with E-state index in [0.717, 1.165) is 38.5 Å². The Morgan fingerprint density at radius 3 is 2.54 bits per heavy atom. The highest BCUT2D eigenvalue weighted by Crippen LogP contribution is 2.17. The zero-order valence-electron chi connectivity index (χ0n) is 15.8. The normalized spacial score (nSPS) is 14.3.